The molecule has 2 aliphatic carbocycles. The van der Waals surface area contributed by atoms with E-state index in [0.717, 1.165) is 32.1 Å². The van der Waals surface area contributed by atoms with Crippen LogP contribution >= 0.6 is 0 Å². The van der Waals surface area contributed by atoms with Crippen LogP contribution in [-0.4, -0.2) is 35.6 Å². The molecule has 0 amide bonds. The molecule has 0 aromatic carbocycles. The highest BCUT2D eigenvalue weighted by atomic mass is 16.6. The maximum atomic E-state index is 8.88. The lowest BCUT2D eigenvalue weighted by Crippen LogP contribution is -2.51. The first-order chi connectivity index (χ1) is 11.7. The minimum absolute atomic E-state index is 0.0756. The Morgan fingerprint density at radius 2 is 1.88 bits per heavy atom. The molecule has 3 heterocycles. The molecule has 4 nitrogen and oxygen atoms in total. The largest absolute Gasteiger partial charge is 0.369 e. The van der Waals surface area contributed by atoms with Gasteiger partial charge in [-0.15, -0.1) is 0 Å². The highest BCUT2D eigenvalue weighted by Crippen LogP contribution is 2.58. The molecule has 0 radical (unpaired) electrons. The van der Waals surface area contributed by atoms with E-state index in [1.807, 2.05) is 0 Å². The van der Waals surface area contributed by atoms with Gasteiger partial charge in [-0.1, -0.05) is 19.3 Å². The van der Waals surface area contributed by atoms with Gasteiger partial charge in [0.2, 0.25) is 0 Å². The summed E-state index contributed by atoms with van der Waals surface area (Å²) >= 11 is 0. The molecule has 2 saturated carbocycles. The first-order valence-electron chi connectivity index (χ1n) is 10.1. The number of nitrogens with zero attached hydrogens (tertiary/aromatic N) is 1. The van der Waals surface area contributed by atoms with Gasteiger partial charge in [0.05, 0.1) is 41.7 Å². The Morgan fingerprint density at radius 3 is 2.71 bits per heavy atom. The monoisotopic (exact) mass is 331 g/mol. The summed E-state index contributed by atoms with van der Waals surface area (Å²) < 4.78 is 19.8. The number of hydrogen-bond donors (Lipinski definition) is 0. The molecule has 0 unspecified atom stereocenters. The van der Waals surface area contributed by atoms with Crippen LogP contribution in [0.25, 0.3) is 0 Å². The molecule has 3 aliphatic heterocycles. The maximum Gasteiger partial charge on any atom is 0.0976 e. The maximum absolute atomic E-state index is 8.88. The fourth-order valence-electron chi connectivity index (χ4n) is 6.48. The van der Waals surface area contributed by atoms with Crippen LogP contribution in [0.5, 0.6) is 0 Å². The first kappa shape index (κ1) is 15.6. The number of nitriles is 1. The van der Waals surface area contributed by atoms with Crippen molar-refractivity contribution in [2.24, 2.45) is 5.92 Å². The summed E-state index contributed by atoms with van der Waals surface area (Å²) in [6.07, 6.45) is 14.5. The van der Waals surface area contributed by atoms with E-state index in [1.54, 1.807) is 0 Å². The standard InChI is InChI=1S/C20H29NO3/c21-10-4-5-15-6-7-17-20(23-15)12-14-11-19(8-2-1-3-9-19)24-18(14)16(13-20)22-17/h14-18H,1-9,11-13H2/t14-,15+,16-,17+,18-,20+/m1/s1. The van der Waals surface area contributed by atoms with Crippen molar-refractivity contribution in [2.75, 3.05) is 0 Å². The Bertz CT molecular complexity index is 537. The summed E-state index contributed by atoms with van der Waals surface area (Å²) in [4.78, 5) is 0. The Hall–Kier alpha value is -0.630. The number of hydrogen-bond acceptors (Lipinski definition) is 4. The van der Waals surface area contributed by atoms with Crippen LogP contribution in [0.3, 0.4) is 0 Å². The van der Waals surface area contributed by atoms with Gasteiger partial charge in [0.25, 0.3) is 0 Å². The minimum atomic E-state index is -0.0756. The fourth-order valence-corrected chi connectivity index (χ4v) is 6.48. The van der Waals surface area contributed by atoms with Gasteiger partial charge < -0.3 is 14.2 Å². The third kappa shape index (κ3) is 2.35. The first-order valence-corrected chi connectivity index (χ1v) is 10.1. The predicted molar refractivity (Wildman–Crippen MR) is 88.4 cm³/mol. The molecule has 2 bridgehead atoms. The smallest absolute Gasteiger partial charge is 0.0976 e. The SMILES string of the molecule is N#CCC[C@H]1CC[C@@H]2O[C@@H]3C[C@]2(C[C@H]2CC4(CCCCC4)O[C@H]23)O1. The van der Waals surface area contributed by atoms with E-state index < -0.39 is 0 Å². The third-order valence-corrected chi connectivity index (χ3v) is 7.43. The van der Waals surface area contributed by atoms with E-state index in [1.165, 1.54) is 38.5 Å². The molecule has 2 spiro atoms. The lowest BCUT2D eigenvalue weighted by Gasteiger charge is -2.45. The zero-order chi connectivity index (χ0) is 16.2. The minimum Gasteiger partial charge on any atom is -0.369 e. The Balaban J connectivity index is 1.33. The average Bonchev–Trinajstić information content (AvgIpc) is 3.09. The van der Waals surface area contributed by atoms with Gasteiger partial charge in [0.15, 0.2) is 0 Å². The summed E-state index contributed by atoms with van der Waals surface area (Å²) in [5.41, 5.74) is 0.0796. The van der Waals surface area contributed by atoms with Gasteiger partial charge in [-0.3, -0.25) is 0 Å². The Kier molecular flexibility index (Phi) is 3.70. The molecule has 132 valence electrons. The molecule has 0 aromatic rings. The van der Waals surface area contributed by atoms with Crippen LogP contribution in [0, 0.1) is 17.2 Å². The number of ether oxygens (including phenoxy) is 3. The summed E-state index contributed by atoms with van der Waals surface area (Å²) in [6.45, 7) is 0. The van der Waals surface area contributed by atoms with Crippen LogP contribution < -0.4 is 0 Å². The van der Waals surface area contributed by atoms with E-state index in [2.05, 4.69) is 6.07 Å². The van der Waals surface area contributed by atoms with E-state index >= 15 is 0 Å². The second kappa shape index (κ2) is 5.69. The van der Waals surface area contributed by atoms with Gasteiger partial charge in [-0.25, -0.2) is 0 Å². The van der Waals surface area contributed by atoms with Crippen LogP contribution in [-0.2, 0) is 14.2 Å². The lowest BCUT2D eigenvalue weighted by atomic mass is 9.70. The van der Waals surface area contributed by atoms with Crippen molar-refractivity contribution in [1.29, 1.82) is 5.26 Å². The molecule has 4 heteroatoms. The summed E-state index contributed by atoms with van der Waals surface area (Å²) in [5, 5.41) is 8.88. The van der Waals surface area contributed by atoms with E-state index in [-0.39, 0.29) is 29.5 Å². The van der Waals surface area contributed by atoms with E-state index in [9.17, 15) is 0 Å². The van der Waals surface area contributed by atoms with Crippen LogP contribution in [0.1, 0.15) is 77.0 Å². The van der Waals surface area contributed by atoms with E-state index in [4.69, 9.17) is 19.5 Å². The lowest BCUT2D eigenvalue weighted by molar-refractivity contribution is -0.170. The predicted octanol–water partition coefficient (Wildman–Crippen LogP) is 3.88. The van der Waals surface area contributed by atoms with Gasteiger partial charge in [-0.05, 0) is 50.9 Å². The van der Waals surface area contributed by atoms with Crippen molar-refractivity contribution in [3.05, 3.63) is 0 Å². The third-order valence-electron chi connectivity index (χ3n) is 7.43. The zero-order valence-corrected chi connectivity index (χ0v) is 14.5. The van der Waals surface area contributed by atoms with Crippen molar-refractivity contribution < 1.29 is 14.2 Å². The van der Waals surface area contributed by atoms with Crippen LogP contribution in [0.4, 0.5) is 0 Å². The fraction of sp³-hybridized carbons (Fsp3) is 0.950. The Morgan fingerprint density at radius 1 is 1.00 bits per heavy atom. The molecule has 6 atom stereocenters. The van der Waals surface area contributed by atoms with Crippen molar-refractivity contribution in [2.45, 2.75) is 113 Å². The Labute approximate surface area is 144 Å². The van der Waals surface area contributed by atoms with Crippen molar-refractivity contribution >= 4 is 0 Å². The second-order valence-electron chi connectivity index (χ2n) is 8.94. The van der Waals surface area contributed by atoms with Crippen molar-refractivity contribution in [3.63, 3.8) is 0 Å². The van der Waals surface area contributed by atoms with Crippen molar-refractivity contribution in [3.8, 4) is 6.07 Å². The van der Waals surface area contributed by atoms with E-state index in [0.29, 0.717) is 18.4 Å². The average molecular weight is 331 g/mol. The van der Waals surface area contributed by atoms with Gasteiger partial charge in [-0.2, -0.15) is 5.26 Å². The summed E-state index contributed by atoms with van der Waals surface area (Å²) in [5.74, 6) is 0.613. The highest BCUT2D eigenvalue weighted by molar-refractivity contribution is 5.13. The normalized spacial score (nSPS) is 48.7. The molecular formula is C20H29NO3. The highest BCUT2D eigenvalue weighted by Gasteiger charge is 2.64. The second-order valence-corrected chi connectivity index (χ2v) is 8.94. The molecule has 0 N–H and O–H groups in total. The molecule has 24 heavy (non-hydrogen) atoms. The quantitative estimate of drug-likeness (QED) is 0.770. The van der Waals surface area contributed by atoms with Crippen molar-refractivity contribution in [1.82, 2.24) is 0 Å². The zero-order valence-electron chi connectivity index (χ0n) is 14.5. The number of rotatable bonds is 2. The molecular weight excluding hydrogens is 302 g/mol. The molecule has 3 saturated heterocycles. The molecule has 5 fully saturated rings. The van der Waals surface area contributed by atoms with Gasteiger partial charge in [0, 0.05) is 12.8 Å². The number of fused-ring (bicyclic) bond motifs is 3. The van der Waals surface area contributed by atoms with Crippen LogP contribution in [0.2, 0.25) is 0 Å². The van der Waals surface area contributed by atoms with Gasteiger partial charge in [0.1, 0.15) is 0 Å². The van der Waals surface area contributed by atoms with Gasteiger partial charge >= 0.3 is 0 Å². The van der Waals surface area contributed by atoms with Crippen LogP contribution in [0.15, 0.2) is 0 Å². The molecule has 5 aliphatic rings. The molecule has 0 aromatic heterocycles. The molecule has 5 rings (SSSR count). The summed E-state index contributed by atoms with van der Waals surface area (Å²) in [7, 11) is 0. The topological polar surface area (TPSA) is 51.5 Å². The summed E-state index contributed by atoms with van der Waals surface area (Å²) in [6, 6.07) is 2.27.